The molecule has 0 aliphatic rings. The van der Waals surface area contributed by atoms with Crippen LogP contribution in [0.2, 0.25) is 0 Å². The van der Waals surface area contributed by atoms with Crippen molar-refractivity contribution >= 4 is 27.5 Å². The molecule has 1 amide bonds. The quantitative estimate of drug-likeness (QED) is 0.775. The minimum absolute atomic E-state index is 0.0137. The Kier molecular flexibility index (Phi) is 4.69. The van der Waals surface area contributed by atoms with Crippen LogP contribution in [0.4, 0.5) is 0 Å². The Morgan fingerprint density at radius 2 is 2.08 bits per heavy atom. The zero-order valence-electron chi connectivity index (χ0n) is 14.2. The number of likely N-dealkylation sites (N-methyl/N-ethyl adjacent to an activating group) is 1. The summed E-state index contributed by atoms with van der Waals surface area (Å²) in [5, 5.41) is 5.67. The maximum atomic E-state index is 12.6. The second-order valence-electron chi connectivity index (χ2n) is 6.06. The van der Waals surface area contributed by atoms with Crippen LogP contribution < -0.4 is 5.73 Å². The Balaban J connectivity index is 1.94. The van der Waals surface area contributed by atoms with Crippen molar-refractivity contribution in [3.05, 3.63) is 52.5 Å². The molecule has 1 unspecified atom stereocenters. The second-order valence-corrected chi connectivity index (χ2v) is 7.09. The highest BCUT2D eigenvalue weighted by molar-refractivity contribution is 7.20. The number of amides is 1. The molecular formula is C18H22N4OS. The number of aromatic nitrogens is 2. The van der Waals surface area contributed by atoms with Gasteiger partial charge in [0, 0.05) is 25.0 Å². The molecule has 2 heterocycles. The molecule has 0 bridgehead atoms. The van der Waals surface area contributed by atoms with Gasteiger partial charge in [-0.3, -0.25) is 9.48 Å². The predicted molar refractivity (Wildman–Crippen MR) is 98.5 cm³/mol. The minimum Gasteiger partial charge on any atom is -0.337 e. The third-order valence-electron chi connectivity index (χ3n) is 4.32. The van der Waals surface area contributed by atoms with E-state index in [1.807, 2.05) is 42.8 Å². The lowest BCUT2D eigenvalue weighted by Crippen LogP contribution is -2.39. The van der Waals surface area contributed by atoms with Crippen LogP contribution in [0.3, 0.4) is 0 Å². The van der Waals surface area contributed by atoms with E-state index in [1.165, 1.54) is 16.9 Å². The number of aryl methyl sites for hydroxylation is 1. The highest BCUT2D eigenvalue weighted by Gasteiger charge is 2.21. The van der Waals surface area contributed by atoms with E-state index < -0.39 is 0 Å². The molecule has 0 saturated carbocycles. The molecule has 0 saturated heterocycles. The van der Waals surface area contributed by atoms with Crippen molar-refractivity contribution in [2.24, 2.45) is 5.73 Å². The van der Waals surface area contributed by atoms with Crippen LogP contribution in [0.25, 0.3) is 10.2 Å². The number of nitrogens with two attached hydrogens (primary N) is 1. The molecule has 6 heteroatoms. The molecule has 0 aliphatic heterocycles. The molecule has 3 aromatic rings. The number of carbonyl (C=O) groups is 1. The number of carbonyl (C=O) groups excluding carboxylic acids is 1. The van der Waals surface area contributed by atoms with Crippen LogP contribution in [-0.2, 0) is 6.54 Å². The van der Waals surface area contributed by atoms with Gasteiger partial charge in [-0.15, -0.1) is 11.3 Å². The zero-order valence-corrected chi connectivity index (χ0v) is 15.0. The molecule has 0 aliphatic carbocycles. The fraction of sp³-hybridized carbons (Fsp3) is 0.333. The Morgan fingerprint density at radius 3 is 2.75 bits per heavy atom. The highest BCUT2D eigenvalue weighted by Crippen LogP contribution is 2.29. The lowest BCUT2D eigenvalue weighted by atomic mass is 10.2. The first kappa shape index (κ1) is 16.7. The molecule has 0 spiro atoms. The normalized spacial score (nSPS) is 12.5. The number of hydrogen-bond acceptors (Lipinski definition) is 4. The number of thiophene rings is 1. The zero-order chi connectivity index (χ0) is 17.3. The lowest BCUT2D eigenvalue weighted by Gasteiger charge is -2.22. The van der Waals surface area contributed by atoms with Crippen LogP contribution >= 0.6 is 11.3 Å². The van der Waals surface area contributed by atoms with Gasteiger partial charge in [0.15, 0.2) is 0 Å². The van der Waals surface area contributed by atoms with Gasteiger partial charge in [0.05, 0.1) is 17.1 Å². The van der Waals surface area contributed by atoms with Crippen molar-refractivity contribution in [1.82, 2.24) is 14.7 Å². The number of benzene rings is 1. The Morgan fingerprint density at radius 1 is 1.38 bits per heavy atom. The van der Waals surface area contributed by atoms with E-state index in [0.29, 0.717) is 13.1 Å². The van der Waals surface area contributed by atoms with E-state index >= 15 is 0 Å². The summed E-state index contributed by atoms with van der Waals surface area (Å²) in [4.78, 5) is 16.1. The van der Waals surface area contributed by atoms with Gasteiger partial charge in [0.2, 0.25) is 0 Å². The first-order chi connectivity index (χ1) is 11.5. The smallest absolute Gasteiger partial charge is 0.264 e. The summed E-state index contributed by atoms with van der Waals surface area (Å²) in [7, 11) is 1.80. The molecule has 1 atom stereocenters. The maximum Gasteiger partial charge on any atom is 0.264 e. The molecule has 3 rings (SSSR count). The molecule has 2 aromatic heterocycles. The van der Waals surface area contributed by atoms with Crippen molar-refractivity contribution in [2.45, 2.75) is 26.4 Å². The summed E-state index contributed by atoms with van der Waals surface area (Å²) in [6.07, 6.45) is 0. The third-order valence-corrected chi connectivity index (χ3v) is 5.45. The van der Waals surface area contributed by atoms with Gasteiger partial charge in [-0.25, -0.2) is 0 Å². The Bertz CT molecular complexity index is 853. The van der Waals surface area contributed by atoms with Gasteiger partial charge >= 0.3 is 0 Å². The number of hydrogen-bond donors (Lipinski definition) is 1. The maximum absolute atomic E-state index is 12.6. The van der Waals surface area contributed by atoms with Crippen molar-refractivity contribution in [3.8, 4) is 0 Å². The Labute approximate surface area is 145 Å². The lowest BCUT2D eigenvalue weighted by molar-refractivity contribution is 0.0753. The molecule has 1 aromatic carbocycles. The van der Waals surface area contributed by atoms with Crippen LogP contribution in [0.1, 0.15) is 27.9 Å². The number of nitrogens with zero attached hydrogens (tertiary/aromatic N) is 3. The predicted octanol–water partition coefficient (Wildman–Crippen LogP) is 2.87. The molecule has 2 N–H and O–H groups in total. The van der Waals surface area contributed by atoms with E-state index in [-0.39, 0.29) is 11.9 Å². The van der Waals surface area contributed by atoms with Crippen molar-refractivity contribution in [2.75, 3.05) is 13.6 Å². The average molecular weight is 342 g/mol. The molecule has 0 radical (unpaired) electrons. The monoisotopic (exact) mass is 342 g/mol. The minimum atomic E-state index is 0.0137. The summed E-state index contributed by atoms with van der Waals surface area (Å²) >= 11 is 1.50. The van der Waals surface area contributed by atoms with Gasteiger partial charge in [-0.1, -0.05) is 30.3 Å². The summed E-state index contributed by atoms with van der Waals surface area (Å²) in [6.45, 7) is 5.09. The Hall–Kier alpha value is -2.18. The molecule has 126 valence electrons. The summed E-state index contributed by atoms with van der Waals surface area (Å²) in [6, 6.07) is 12.2. The van der Waals surface area contributed by atoms with Gasteiger partial charge in [0.1, 0.15) is 4.83 Å². The van der Waals surface area contributed by atoms with Crippen LogP contribution in [0.5, 0.6) is 0 Å². The van der Waals surface area contributed by atoms with Crippen LogP contribution in [0.15, 0.2) is 36.4 Å². The average Bonchev–Trinajstić information content (AvgIpc) is 3.15. The van der Waals surface area contributed by atoms with Crippen molar-refractivity contribution < 1.29 is 4.79 Å². The van der Waals surface area contributed by atoms with Gasteiger partial charge in [0.25, 0.3) is 5.91 Å². The number of rotatable bonds is 5. The molecule has 5 nitrogen and oxygen atoms in total. The largest absolute Gasteiger partial charge is 0.337 e. The van der Waals surface area contributed by atoms with Crippen LogP contribution in [-0.4, -0.2) is 40.2 Å². The van der Waals surface area contributed by atoms with Crippen LogP contribution in [0, 0.1) is 6.92 Å². The fourth-order valence-electron chi connectivity index (χ4n) is 2.61. The first-order valence-corrected chi connectivity index (χ1v) is 8.81. The SMILES string of the molecule is Cc1nn(Cc2ccccc2)c2sc(C(=O)N(C)C(C)CN)cc12. The highest BCUT2D eigenvalue weighted by atomic mass is 32.1. The summed E-state index contributed by atoms with van der Waals surface area (Å²) in [5.41, 5.74) is 7.81. The van der Waals surface area contributed by atoms with Gasteiger partial charge in [-0.2, -0.15) is 5.10 Å². The second kappa shape index (κ2) is 6.75. The van der Waals surface area contributed by atoms with E-state index in [2.05, 4.69) is 17.2 Å². The topological polar surface area (TPSA) is 64.2 Å². The van der Waals surface area contributed by atoms with Crippen molar-refractivity contribution in [3.63, 3.8) is 0 Å². The van der Waals surface area contributed by atoms with E-state index in [1.54, 1.807) is 11.9 Å². The van der Waals surface area contributed by atoms with E-state index in [0.717, 1.165) is 20.8 Å². The van der Waals surface area contributed by atoms with E-state index in [9.17, 15) is 4.79 Å². The molecule has 0 fully saturated rings. The fourth-order valence-corrected chi connectivity index (χ4v) is 3.76. The molecular weight excluding hydrogens is 320 g/mol. The summed E-state index contributed by atoms with van der Waals surface area (Å²) < 4.78 is 1.98. The van der Waals surface area contributed by atoms with Gasteiger partial charge < -0.3 is 10.6 Å². The van der Waals surface area contributed by atoms with Gasteiger partial charge in [-0.05, 0) is 25.5 Å². The van der Waals surface area contributed by atoms with Crippen molar-refractivity contribution in [1.29, 1.82) is 0 Å². The third kappa shape index (κ3) is 3.07. The molecule has 24 heavy (non-hydrogen) atoms. The standard InChI is InChI=1S/C18H22N4OS/c1-12(10-19)21(3)17(23)16-9-15-13(2)20-22(18(15)24-16)11-14-7-5-4-6-8-14/h4-9,12H,10-11,19H2,1-3H3. The summed E-state index contributed by atoms with van der Waals surface area (Å²) in [5.74, 6) is 0.0137. The number of fused-ring (bicyclic) bond motifs is 1. The van der Waals surface area contributed by atoms with E-state index in [4.69, 9.17) is 5.73 Å². The first-order valence-electron chi connectivity index (χ1n) is 7.99.